The van der Waals surface area contributed by atoms with Gasteiger partial charge in [-0.25, -0.2) is 0 Å². The molecule has 0 saturated heterocycles. The molecule has 2 aromatic carbocycles. The van der Waals surface area contributed by atoms with Gasteiger partial charge in [0.15, 0.2) is 0 Å². The zero-order valence-electron chi connectivity index (χ0n) is 14.9. The van der Waals surface area contributed by atoms with E-state index in [-0.39, 0.29) is 24.8 Å². The van der Waals surface area contributed by atoms with Crippen molar-refractivity contribution in [3.05, 3.63) is 54.1 Å². The molecule has 5 heteroatoms. The van der Waals surface area contributed by atoms with Crippen molar-refractivity contribution in [2.75, 3.05) is 23.4 Å². The van der Waals surface area contributed by atoms with Crippen LogP contribution < -0.4 is 15.0 Å². The van der Waals surface area contributed by atoms with E-state index < -0.39 is 0 Å². The summed E-state index contributed by atoms with van der Waals surface area (Å²) < 4.78 is 5.59. The number of anilines is 2. The molecule has 0 saturated carbocycles. The van der Waals surface area contributed by atoms with E-state index in [0.717, 1.165) is 11.3 Å². The fraction of sp³-hybridized carbons (Fsp3) is 0.300. The van der Waals surface area contributed by atoms with Crippen molar-refractivity contribution in [3.63, 3.8) is 0 Å². The number of rotatable bonds is 7. The summed E-state index contributed by atoms with van der Waals surface area (Å²) in [6.07, 6.45) is 0.203. The van der Waals surface area contributed by atoms with Crippen molar-refractivity contribution in [2.45, 2.75) is 27.2 Å². The number of nitrogens with zero attached hydrogens (tertiary/aromatic N) is 1. The second kappa shape index (κ2) is 8.87. The van der Waals surface area contributed by atoms with E-state index >= 15 is 0 Å². The maximum Gasteiger partial charge on any atom is 0.226 e. The van der Waals surface area contributed by atoms with Crippen LogP contribution in [0, 0.1) is 6.92 Å². The first kappa shape index (κ1) is 18.5. The smallest absolute Gasteiger partial charge is 0.226 e. The van der Waals surface area contributed by atoms with Gasteiger partial charge in [0.25, 0.3) is 0 Å². The summed E-state index contributed by atoms with van der Waals surface area (Å²) in [5.74, 6) is 0.379. The van der Waals surface area contributed by atoms with Gasteiger partial charge in [-0.1, -0.05) is 30.3 Å². The number of aryl methyl sites for hydroxylation is 1. The molecule has 1 N–H and O–H groups in total. The van der Waals surface area contributed by atoms with Gasteiger partial charge < -0.3 is 15.0 Å². The second-order valence-corrected chi connectivity index (χ2v) is 5.68. The van der Waals surface area contributed by atoms with Crippen LogP contribution in [-0.4, -0.2) is 25.0 Å². The van der Waals surface area contributed by atoms with Crippen LogP contribution in [0.25, 0.3) is 0 Å². The van der Waals surface area contributed by atoms with Gasteiger partial charge in [-0.2, -0.15) is 0 Å². The van der Waals surface area contributed by atoms with Crippen LogP contribution in [-0.2, 0) is 9.59 Å². The zero-order valence-corrected chi connectivity index (χ0v) is 14.9. The van der Waals surface area contributed by atoms with Crippen molar-refractivity contribution < 1.29 is 14.3 Å². The minimum Gasteiger partial charge on any atom is -0.492 e. The van der Waals surface area contributed by atoms with E-state index in [1.54, 1.807) is 4.90 Å². The Bertz CT molecular complexity index is 743. The molecule has 0 aliphatic rings. The van der Waals surface area contributed by atoms with Crippen LogP contribution in [0.4, 0.5) is 11.4 Å². The van der Waals surface area contributed by atoms with Gasteiger partial charge in [-0.15, -0.1) is 0 Å². The molecule has 25 heavy (non-hydrogen) atoms. The summed E-state index contributed by atoms with van der Waals surface area (Å²) in [4.78, 5) is 25.9. The van der Waals surface area contributed by atoms with Gasteiger partial charge in [0, 0.05) is 25.6 Å². The highest BCUT2D eigenvalue weighted by atomic mass is 16.5. The maximum atomic E-state index is 12.3. The molecule has 5 nitrogen and oxygen atoms in total. The molecule has 2 amide bonds. The number of carbonyl (C=O) groups excluding carboxylic acids is 2. The number of para-hydroxylation sites is 3. The van der Waals surface area contributed by atoms with E-state index in [0.29, 0.717) is 18.0 Å². The van der Waals surface area contributed by atoms with Crippen LogP contribution in [0.3, 0.4) is 0 Å². The highest BCUT2D eigenvalue weighted by molar-refractivity contribution is 5.96. The summed E-state index contributed by atoms with van der Waals surface area (Å²) in [5, 5.41) is 2.89. The normalized spacial score (nSPS) is 10.2. The number of carbonyl (C=O) groups is 2. The van der Waals surface area contributed by atoms with E-state index in [2.05, 4.69) is 5.32 Å². The molecule has 0 aromatic heterocycles. The topological polar surface area (TPSA) is 58.6 Å². The summed E-state index contributed by atoms with van der Waals surface area (Å²) in [5.41, 5.74) is 2.47. The Morgan fingerprint density at radius 3 is 2.44 bits per heavy atom. The third-order valence-electron chi connectivity index (χ3n) is 3.82. The number of ether oxygens (including phenoxy) is 1. The summed E-state index contributed by atoms with van der Waals surface area (Å²) >= 11 is 0. The molecule has 2 rings (SSSR count). The van der Waals surface area contributed by atoms with Crippen LogP contribution >= 0.6 is 0 Å². The fourth-order valence-electron chi connectivity index (χ4n) is 2.54. The highest BCUT2D eigenvalue weighted by Crippen LogP contribution is 2.28. The van der Waals surface area contributed by atoms with Gasteiger partial charge in [0.1, 0.15) is 5.75 Å². The van der Waals surface area contributed by atoms with Crippen LogP contribution in [0.1, 0.15) is 25.8 Å². The number of nitrogens with one attached hydrogen (secondary N) is 1. The average molecular weight is 340 g/mol. The van der Waals surface area contributed by atoms with Crippen molar-refractivity contribution in [3.8, 4) is 5.75 Å². The Morgan fingerprint density at radius 1 is 1.08 bits per heavy atom. The Labute approximate surface area is 148 Å². The Hall–Kier alpha value is -2.82. The first-order valence-electron chi connectivity index (χ1n) is 8.38. The molecule has 0 fully saturated rings. The molecule has 132 valence electrons. The SMILES string of the molecule is CCOc1ccccc1N(CCC(=O)Nc1ccccc1C)C(C)=O. The van der Waals surface area contributed by atoms with E-state index in [1.807, 2.05) is 62.4 Å². The average Bonchev–Trinajstić information content (AvgIpc) is 2.58. The Balaban J connectivity index is 2.06. The standard InChI is InChI=1S/C20H24N2O3/c1-4-25-19-12-8-7-11-18(19)22(16(3)23)14-13-20(24)21-17-10-6-5-9-15(17)2/h5-12H,4,13-14H2,1-3H3,(H,21,24). The number of amides is 2. The molecule has 0 spiro atoms. The van der Waals surface area contributed by atoms with Crippen LogP contribution in [0.2, 0.25) is 0 Å². The molecule has 0 unspecified atom stereocenters. The minimum absolute atomic E-state index is 0.129. The lowest BCUT2D eigenvalue weighted by Gasteiger charge is -2.23. The monoisotopic (exact) mass is 340 g/mol. The number of benzene rings is 2. The fourth-order valence-corrected chi connectivity index (χ4v) is 2.54. The van der Waals surface area contributed by atoms with Gasteiger partial charge >= 0.3 is 0 Å². The van der Waals surface area contributed by atoms with E-state index in [4.69, 9.17) is 4.74 Å². The lowest BCUT2D eigenvalue weighted by molar-refractivity contribution is -0.117. The lowest BCUT2D eigenvalue weighted by Crippen LogP contribution is -2.32. The molecule has 0 radical (unpaired) electrons. The van der Waals surface area contributed by atoms with Crippen molar-refractivity contribution in [1.29, 1.82) is 0 Å². The predicted octanol–water partition coefficient (Wildman–Crippen LogP) is 3.78. The first-order valence-corrected chi connectivity index (χ1v) is 8.38. The molecule has 2 aromatic rings. The van der Waals surface area contributed by atoms with E-state index in [1.165, 1.54) is 6.92 Å². The first-order chi connectivity index (χ1) is 12.0. The third-order valence-corrected chi connectivity index (χ3v) is 3.82. The largest absolute Gasteiger partial charge is 0.492 e. The van der Waals surface area contributed by atoms with Gasteiger partial charge in [0.05, 0.1) is 12.3 Å². The molecular formula is C20H24N2O3. The van der Waals surface area contributed by atoms with Crippen molar-refractivity contribution in [1.82, 2.24) is 0 Å². The van der Waals surface area contributed by atoms with Crippen LogP contribution in [0.15, 0.2) is 48.5 Å². The predicted molar refractivity (Wildman–Crippen MR) is 100 cm³/mol. The van der Waals surface area contributed by atoms with Crippen molar-refractivity contribution in [2.24, 2.45) is 0 Å². The molecule has 0 heterocycles. The zero-order chi connectivity index (χ0) is 18.2. The lowest BCUT2D eigenvalue weighted by atomic mass is 10.2. The Kier molecular flexibility index (Phi) is 6.57. The number of hydrogen-bond acceptors (Lipinski definition) is 3. The molecular weight excluding hydrogens is 316 g/mol. The summed E-state index contributed by atoms with van der Waals surface area (Å²) in [6, 6.07) is 15.0. The maximum absolute atomic E-state index is 12.3. The molecule has 0 aliphatic carbocycles. The second-order valence-electron chi connectivity index (χ2n) is 5.68. The molecule has 0 aliphatic heterocycles. The van der Waals surface area contributed by atoms with E-state index in [9.17, 15) is 9.59 Å². The highest BCUT2D eigenvalue weighted by Gasteiger charge is 2.17. The van der Waals surface area contributed by atoms with Crippen molar-refractivity contribution >= 4 is 23.2 Å². The van der Waals surface area contributed by atoms with Crippen LogP contribution in [0.5, 0.6) is 5.75 Å². The number of hydrogen-bond donors (Lipinski definition) is 1. The quantitative estimate of drug-likeness (QED) is 0.834. The molecule has 0 atom stereocenters. The Morgan fingerprint density at radius 2 is 1.76 bits per heavy atom. The summed E-state index contributed by atoms with van der Waals surface area (Å²) in [6.45, 7) is 6.12. The van der Waals surface area contributed by atoms with Gasteiger partial charge in [-0.3, -0.25) is 9.59 Å². The minimum atomic E-state index is -0.130. The summed E-state index contributed by atoms with van der Waals surface area (Å²) in [7, 11) is 0. The van der Waals surface area contributed by atoms with Gasteiger partial charge in [0.2, 0.25) is 11.8 Å². The van der Waals surface area contributed by atoms with Gasteiger partial charge in [-0.05, 0) is 37.6 Å². The third kappa shape index (κ3) is 5.08. The molecule has 0 bridgehead atoms.